The van der Waals surface area contributed by atoms with Crippen LogP contribution in [0.5, 0.6) is 0 Å². The summed E-state index contributed by atoms with van der Waals surface area (Å²) in [6.07, 6.45) is 5.78. The van der Waals surface area contributed by atoms with E-state index < -0.39 is 0 Å². The molecular weight excluding hydrogens is 304 g/mol. The quantitative estimate of drug-likeness (QED) is 0.672. The van der Waals surface area contributed by atoms with Crippen LogP contribution in [-0.2, 0) is 4.79 Å². The Labute approximate surface area is 141 Å². The molecule has 1 heterocycles. The van der Waals surface area contributed by atoms with Gasteiger partial charge in [-0.05, 0) is 49.9 Å². The van der Waals surface area contributed by atoms with Crippen LogP contribution in [0.15, 0.2) is 30.5 Å². The highest BCUT2D eigenvalue weighted by molar-refractivity contribution is 5.98. The molecule has 6 heteroatoms. The molecule has 0 saturated heterocycles. The molecule has 1 saturated carbocycles. The predicted molar refractivity (Wildman–Crippen MR) is 93.6 cm³/mol. The molecule has 24 heavy (non-hydrogen) atoms. The SMILES string of the molecule is NCCC(=O)N[C@H]1CC[C@H](NC(=O)c2ccc3[nH]ccc3c2)CC1. The number of nitrogens with two attached hydrogens (primary N) is 1. The number of nitrogens with one attached hydrogen (secondary N) is 3. The summed E-state index contributed by atoms with van der Waals surface area (Å²) in [6.45, 7) is 0.378. The first-order valence-electron chi connectivity index (χ1n) is 8.53. The average molecular weight is 328 g/mol. The third-order valence-corrected chi connectivity index (χ3v) is 4.61. The number of carbonyl (C=O) groups is 2. The molecule has 1 aliphatic rings. The molecule has 0 aliphatic heterocycles. The minimum atomic E-state index is -0.0336. The molecule has 0 bridgehead atoms. The van der Waals surface area contributed by atoms with Gasteiger partial charge in [0, 0.05) is 47.7 Å². The van der Waals surface area contributed by atoms with E-state index in [-0.39, 0.29) is 23.9 Å². The number of H-pyrrole nitrogens is 1. The second-order valence-corrected chi connectivity index (χ2v) is 6.41. The Morgan fingerprint density at radius 2 is 1.79 bits per heavy atom. The Kier molecular flexibility index (Phi) is 5.15. The summed E-state index contributed by atoms with van der Waals surface area (Å²) in [5.74, 6) is -0.0153. The number of hydrogen-bond donors (Lipinski definition) is 4. The molecule has 0 spiro atoms. The predicted octanol–water partition coefficient (Wildman–Crippen LogP) is 1.67. The third-order valence-electron chi connectivity index (χ3n) is 4.61. The summed E-state index contributed by atoms with van der Waals surface area (Å²) in [4.78, 5) is 27.1. The normalized spacial score (nSPS) is 20.7. The number of rotatable bonds is 5. The van der Waals surface area contributed by atoms with E-state index in [0.717, 1.165) is 36.6 Å². The van der Waals surface area contributed by atoms with Crippen LogP contribution in [0.2, 0.25) is 0 Å². The van der Waals surface area contributed by atoms with Gasteiger partial charge in [0.1, 0.15) is 0 Å². The number of benzene rings is 1. The Morgan fingerprint density at radius 1 is 1.08 bits per heavy atom. The van der Waals surface area contributed by atoms with Crippen LogP contribution in [-0.4, -0.2) is 35.4 Å². The number of aromatic nitrogens is 1. The fraction of sp³-hybridized carbons (Fsp3) is 0.444. The smallest absolute Gasteiger partial charge is 0.251 e. The van der Waals surface area contributed by atoms with Gasteiger partial charge < -0.3 is 21.4 Å². The minimum Gasteiger partial charge on any atom is -0.361 e. The number of fused-ring (bicyclic) bond motifs is 1. The van der Waals surface area contributed by atoms with Crippen LogP contribution >= 0.6 is 0 Å². The monoisotopic (exact) mass is 328 g/mol. The van der Waals surface area contributed by atoms with E-state index in [9.17, 15) is 9.59 Å². The number of aromatic amines is 1. The fourth-order valence-corrected chi connectivity index (χ4v) is 3.28. The van der Waals surface area contributed by atoms with Crippen LogP contribution in [0.4, 0.5) is 0 Å². The van der Waals surface area contributed by atoms with Crippen molar-refractivity contribution in [2.75, 3.05) is 6.54 Å². The van der Waals surface area contributed by atoms with Crippen molar-refractivity contribution < 1.29 is 9.59 Å². The molecule has 2 amide bonds. The lowest BCUT2D eigenvalue weighted by atomic mass is 9.91. The summed E-state index contributed by atoms with van der Waals surface area (Å²) >= 11 is 0. The first-order valence-corrected chi connectivity index (χ1v) is 8.53. The Balaban J connectivity index is 1.50. The highest BCUT2D eigenvalue weighted by Crippen LogP contribution is 2.20. The van der Waals surface area contributed by atoms with E-state index in [2.05, 4.69) is 15.6 Å². The van der Waals surface area contributed by atoms with Gasteiger partial charge >= 0.3 is 0 Å². The van der Waals surface area contributed by atoms with Crippen molar-refractivity contribution in [1.29, 1.82) is 0 Å². The van der Waals surface area contributed by atoms with Crippen LogP contribution < -0.4 is 16.4 Å². The van der Waals surface area contributed by atoms with Gasteiger partial charge in [0.25, 0.3) is 5.91 Å². The zero-order valence-electron chi connectivity index (χ0n) is 13.7. The fourth-order valence-electron chi connectivity index (χ4n) is 3.28. The highest BCUT2D eigenvalue weighted by Gasteiger charge is 2.23. The summed E-state index contributed by atoms with van der Waals surface area (Å²) < 4.78 is 0. The van der Waals surface area contributed by atoms with E-state index in [1.807, 2.05) is 30.5 Å². The van der Waals surface area contributed by atoms with Crippen molar-refractivity contribution in [3.05, 3.63) is 36.0 Å². The third kappa shape index (κ3) is 3.94. The largest absolute Gasteiger partial charge is 0.361 e. The lowest BCUT2D eigenvalue weighted by molar-refractivity contribution is -0.121. The lowest BCUT2D eigenvalue weighted by Crippen LogP contribution is -2.44. The Hall–Kier alpha value is -2.34. The van der Waals surface area contributed by atoms with Crippen LogP contribution in [0.25, 0.3) is 10.9 Å². The molecule has 5 N–H and O–H groups in total. The van der Waals surface area contributed by atoms with Crippen LogP contribution in [0, 0.1) is 0 Å². The van der Waals surface area contributed by atoms with Crippen molar-refractivity contribution >= 4 is 22.7 Å². The molecule has 6 nitrogen and oxygen atoms in total. The zero-order valence-corrected chi connectivity index (χ0v) is 13.7. The minimum absolute atomic E-state index is 0.0183. The molecule has 1 fully saturated rings. The van der Waals surface area contributed by atoms with Crippen LogP contribution in [0.3, 0.4) is 0 Å². The number of amides is 2. The molecule has 2 aromatic rings. The number of carbonyl (C=O) groups excluding carboxylic acids is 2. The van der Waals surface area contributed by atoms with Crippen molar-refractivity contribution in [2.24, 2.45) is 5.73 Å². The summed E-state index contributed by atoms with van der Waals surface area (Å²) in [6, 6.07) is 8.00. The first kappa shape index (κ1) is 16.5. The van der Waals surface area contributed by atoms with Gasteiger partial charge in [-0.1, -0.05) is 0 Å². The molecular formula is C18H24N4O2. The number of hydrogen-bond acceptors (Lipinski definition) is 3. The van der Waals surface area contributed by atoms with Gasteiger partial charge in [0.15, 0.2) is 0 Å². The van der Waals surface area contributed by atoms with E-state index in [4.69, 9.17) is 5.73 Å². The van der Waals surface area contributed by atoms with Crippen molar-refractivity contribution in [1.82, 2.24) is 15.6 Å². The average Bonchev–Trinajstić information content (AvgIpc) is 3.04. The van der Waals surface area contributed by atoms with Gasteiger partial charge in [-0.3, -0.25) is 9.59 Å². The molecule has 0 atom stereocenters. The summed E-state index contributed by atoms with van der Waals surface area (Å²) in [7, 11) is 0. The van der Waals surface area contributed by atoms with Crippen molar-refractivity contribution in [3.8, 4) is 0 Å². The first-order chi connectivity index (χ1) is 11.7. The zero-order chi connectivity index (χ0) is 16.9. The van der Waals surface area contributed by atoms with Gasteiger partial charge in [-0.2, -0.15) is 0 Å². The highest BCUT2D eigenvalue weighted by atomic mass is 16.2. The lowest BCUT2D eigenvalue weighted by Gasteiger charge is -2.29. The molecule has 1 aliphatic carbocycles. The Bertz CT molecular complexity index is 717. The van der Waals surface area contributed by atoms with E-state index in [0.29, 0.717) is 18.5 Å². The maximum atomic E-state index is 12.4. The maximum Gasteiger partial charge on any atom is 0.251 e. The molecule has 128 valence electrons. The topological polar surface area (TPSA) is 100 Å². The molecule has 0 unspecified atom stereocenters. The standard InChI is InChI=1S/C18H24N4O2/c19-9-7-17(23)21-14-2-4-15(5-3-14)22-18(24)13-1-6-16-12(11-13)8-10-20-16/h1,6,8,10-11,14-15,20H,2-5,7,9,19H2,(H,21,23)(H,22,24)/t14-,15-. The van der Waals surface area contributed by atoms with E-state index in [1.54, 1.807) is 0 Å². The van der Waals surface area contributed by atoms with E-state index in [1.165, 1.54) is 0 Å². The van der Waals surface area contributed by atoms with Gasteiger partial charge in [0.2, 0.25) is 5.91 Å². The summed E-state index contributed by atoms with van der Waals surface area (Å²) in [5.41, 5.74) is 7.09. The van der Waals surface area contributed by atoms with Crippen LogP contribution in [0.1, 0.15) is 42.5 Å². The van der Waals surface area contributed by atoms with Gasteiger partial charge in [0.05, 0.1) is 0 Å². The van der Waals surface area contributed by atoms with Gasteiger partial charge in [-0.25, -0.2) is 0 Å². The van der Waals surface area contributed by atoms with Crippen molar-refractivity contribution in [2.45, 2.75) is 44.2 Å². The summed E-state index contributed by atoms with van der Waals surface area (Å²) in [5, 5.41) is 7.15. The van der Waals surface area contributed by atoms with E-state index >= 15 is 0 Å². The molecule has 1 aromatic heterocycles. The second kappa shape index (κ2) is 7.49. The second-order valence-electron chi connectivity index (χ2n) is 6.41. The molecule has 0 radical (unpaired) electrons. The molecule has 3 rings (SSSR count). The Morgan fingerprint density at radius 3 is 2.50 bits per heavy atom. The van der Waals surface area contributed by atoms with Crippen molar-refractivity contribution in [3.63, 3.8) is 0 Å². The molecule has 1 aromatic carbocycles. The maximum absolute atomic E-state index is 12.4. The van der Waals surface area contributed by atoms with Gasteiger partial charge in [-0.15, -0.1) is 0 Å².